The maximum Gasteiger partial charge on any atom is 0.255 e. The molecule has 1 amide bonds. The lowest BCUT2D eigenvalue weighted by Crippen LogP contribution is -2.48. The quantitative estimate of drug-likeness (QED) is 0.910. The molecule has 0 atom stereocenters. The Labute approximate surface area is 149 Å². The van der Waals surface area contributed by atoms with Crippen LogP contribution in [0.4, 0.5) is 11.4 Å². The van der Waals surface area contributed by atoms with Gasteiger partial charge in [-0.1, -0.05) is 32.0 Å². The summed E-state index contributed by atoms with van der Waals surface area (Å²) in [5.41, 5.74) is 3.80. The summed E-state index contributed by atoms with van der Waals surface area (Å²) >= 11 is 0. The van der Waals surface area contributed by atoms with E-state index in [-0.39, 0.29) is 5.91 Å². The summed E-state index contributed by atoms with van der Waals surface area (Å²) in [5.74, 6) is 0.0654. The van der Waals surface area contributed by atoms with Crippen molar-refractivity contribution in [3.05, 3.63) is 53.9 Å². The topological polar surface area (TPSA) is 48.5 Å². The SMILES string of the molecule is CCc1ccccc1Nc1cncc(C(=O)N2CCN(CC)CC2)c1. The Bertz CT molecular complexity index is 723. The first kappa shape index (κ1) is 17.4. The molecule has 1 fully saturated rings. The molecule has 1 aromatic carbocycles. The van der Waals surface area contributed by atoms with E-state index in [1.807, 2.05) is 23.1 Å². The minimum Gasteiger partial charge on any atom is -0.354 e. The van der Waals surface area contributed by atoms with Gasteiger partial charge < -0.3 is 15.1 Å². The average molecular weight is 338 g/mol. The Morgan fingerprint density at radius 1 is 1.12 bits per heavy atom. The van der Waals surface area contributed by atoms with Gasteiger partial charge in [-0.25, -0.2) is 0 Å². The molecule has 0 radical (unpaired) electrons. The van der Waals surface area contributed by atoms with Gasteiger partial charge in [0, 0.05) is 38.1 Å². The lowest BCUT2D eigenvalue weighted by Gasteiger charge is -2.34. The van der Waals surface area contributed by atoms with E-state index in [1.165, 1.54) is 5.56 Å². The highest BCUT2D eigenvalue weighted by Crippen LogP contribution is 2.22. The molecule has 1 N–H and O–H groups in total. The summed E-state index contributed by atoms with van der Waals surface area (Å²) in [7, 11) is 0. The maximum absolute atomic E-state index is 12.8. The van der Waals surface area contributed by atoms with Crippen LogP contribution in [0.25, 0.3) is 0 Å². The van der Waals surface area contributed by atoms with E-state index in [4.69, 9.17) is 0 Å². The van der Waals surface area contributed by atoms with Crippen molar-refractivity contribution in [1.82, 2.24) is 14.8 Å². The number of amides is 1. The molecule has 1 aromatic heterocycles. The second kappa shape index (κ2) is 8.12. The zero-order chi connectivity index (χ0) is 17.6. The molecule has 2 aromatic rings. The molecule has 0 bridgehead atoms. The van der Waals surface area contributed by atoms with Gasteiger partial charge in [0.05, 0.1) is 17.4 Å². The monoisotopic (exact) mass is 338 g/mol. The van der Waals surface area contributed by atoms with E-state index in [0.717, 1.165) is 50.5 Å². The van der Waals surface area contributed by atoms with Crippen molar-refractivity contribution in [3.8, 4) is 0 Å². The van der Waals surface area contributed by atoms with Crippen LogP contribution in [0.3, 0.4) is 0 Å². The number of hydrogen-bond donors (Lipinski definition) is 1. The fourth-order valence-corrected chi connectivity index (χ4v) is 3.18. The van der Waals surface area contributed by atoms with Crippen molar-refractivity contribution in [2.75, 3.05) is 38.0 Å². The van der Waals surface area contributed by atoms with Gasteiger partial charge in [-0.15, -0.1) is 0 Å². The van der Waals surface area contributed by atoms with Crippen molar-refractivity contribution < 1.29 is 4.79 Å². The van der Waals surface area contributed by atoms with Crippen molar-refractivity contribution in [3.63, 3.8) is 0 Å². The third-order valence-electron chi connectivity index (χ3n) is 4.77. The van der Waals surface area contributed by atoms with Crippen LogP contribution in [0.15, 0.2) is 42.7 Å². The molecule has 0 saturated carbocycles. The lowest BCUT2D eigenvalue weighted by atomic mass is 10.1. The Morgan fingerprint density at radius 2 is 1.88 bits per heavy atom. The fraction of sp³-hybridized carbons (Fsp3) is 0.400. The number of hydrogen-bond acceptors (Lipinski definition) is 4. The second-order valence-corrected chi connectivity index (χ2v) is 6.32. The van der Waals surface area contributed by atoms with Crippen LogP contribution in [0, 0.1) is 0 Å². The van der Waals surface area contributed by atoms with E-state index < -0.39 is 0 Å². The minimum absolute atomic E-state index is 0.0654. The van der Waals surface area contributed by atoms with E-state index in [1.54, 1.807) is 12.4 Å². The second-order valence-electron chi connectivity index (χ2n) is 6.32. The van der Waals surface area contributed by atoms with Gasteiger partial charge in [0.15, 0.2) is 0 Å². The molecule has 5 nitrogen and oxygen atoms in total. The molecule has 25 heavy (non-hydrogen) atoms. The normalized spacial score (nSPS) is 15.2. The number of carbonyl (C=O) groups excluding carboxylic acids is 1. The summed E-state index contributed by atoms with van der Waals surface area (Å²) in [5, 5.41) is 3.40. The molecular formula is C20H26N4O. The molecule has 0 unspecified atom stereocenters. The molecular weight excluding hydrogens is 312 g/mol. The van der Waals surface area contributed by atoms with Crippen LogP contribution < -0.4 is 5.32 Å². The first-order valence-electron chi connectivity index (χ1n) is 9.03. The molecule has 5 heteroatoms. The summed E-state index contributed by atoms with van der Waals surface area (Å²) < 4.78 is 0. The third kappa shape index (κ3) is 4.17. The summed E-state index contributed by atoms with van der Waals surface area (Å²) in [6.07, 6.45) is 4.38. The summed E-state index contributed by atoms with van der Waals surface area (Å²) in [6, 6.07) is 10.1. The van der Waals surface area contributed by atoms with Gasteiger partial charge in [0.2, 0.25) is 0 Å². The molecule has 2 heterocycles. The number of aryl methyl sites for hydroxylation is 1. The molecule has 0 aliphatic carbocycles. The van der Waals surface area contributed by atoms with Crippen LogP contribution in [0.2, 0.25) is 0 Å². The highest BCUT2D eigenvalue weighted by atomic mass is 16.2. The number of carbonyl (C=O) groups is 1. The van der Waals surface area contributed by atoms with Gasteiger partial charge in [-0.05, 0) is 30.7 Å². The van der Waals surface area contributed by atoms with Gasteiger partial charge in [-0.3, -0.25) is 9.78 Å². The molecule has 132 valence electrons. The molecule has 3 rings (SSSR count). The van der Waals surface area contributed by atoms with Gasteiger partial charge in [0.1, 0.15) is 0 Å². The Balaban J connectivity index is 1.72. The van der Waals surface area contributed by atoms with Crippen LogP contribution >= 0.6 is 0 Å². The first-order chi connectivity index (χ1) is 12.2. The standard InChI is InChI=1S/C20H26N4O/c1-3-16-7-5-6-8-19(16)22-18-13-17(14-21-15-18)20(25)24-11-9-23(4-2)10-12-24/h5-8,13-15,22H,3-4,9-12H2,1-2H3. The number of anilines is 2. The number of para-hydroxylation sites is 1. The smallest absolute Gasteiger partial charge is 0.255 e. The van der Waals surface area contributed by atoms with Crippen LogP contribution in [-0.2, 0) is 6.42 Å². The highest BCUT2D eigenvalue weighted by molar-refractivity contribution is 5.95. The van der Waals surface area contributed by atoms with Crippen LogP contribution in [-0.4, -0.2) is 53.4 Å². The number of benzene rings is 1. The van der Waals surface area contributed by atoms with Crippen molar-refractivity contribution in [2.45, 2.75) is 20.3 Å². The number of nitrogens with zero attached hydrogens (tertiary/aromatic N) is 3. The number of piperazine rings is 1. The minimum atomic E-state index is 0.0654. The molecule has 1 aliphatic heterocycles. The molecule has 1 aliphatic rings. The zero-order valence-corrected chi connectivity index (χ0v) is 15.0. The number of likely N-dealkylation sites (N-methyl/N-ethyl adjacent to an activating group) is 1. The van der Waals surface area contributed by atoms with E-state index in [0.29, 0.717) is 5.56 Å². The van der Waals surface area contributed by atoms with E-state index in [2.05, 4.69) is 41.2 Å². The number of aromatic nitrogens is 1. The Kier molecular flexibility index (Phi) is 5.66. The van der Waals surface area contributed by atoms with Crippen molar-refractivity contribution in [1.29, 1.82) is 0 Å². The van der Waals surface area contributed by atoms with Gasteiger partial charge >= 0.3 is 0 Å². The average Bonchev–Trinajstić information content (AvgIpc) is 2.68. The fourth-order valence-electron chi connectivity index (χ4n) is 3.18. The van der Waals surface area contributed by atoms with Gasteiger partial charge in [-0.2, -0.15) is 0 Å². The lowest BCUT2D eigenvalue weighted by molar-refractivity contribution is 0.0643. The largest absolute Gasteiger partial charge is 0.354 e. The van der Waals surface area contributed by atoms with Crippen molar-refractivity contribution >= 4 is 17.3 Å². The van der Waals surface area contributed by atoms with E-state index in [9.17, 15) is 4.79 Å². The van der Waals surface area contributed by atoms with Crippen LogP contribution in [0.1, 0.15) is 29.8 Å². The molecule has 1 saturated heterocycles. The Hall–Kier alpha value is -2.40. The van der Waals surface area contributed by atoms with Crippen LogP contribution in [0.5, 0.6) is 0 Å². The van der Waals surface area contributed by atoms with Crippen molar-refractivity contribution in [2.24, 2.45) is 0 Å². The predicted octanol–water partition coefficient (Wildman–Crippen LogP) is 3.17. The maximum atomic E-state index is 12.8. The molecule has 0 spiro atoms. The summed E-state index contributed by atoms with van der Waals surface area (Å²) in [4.78, 5) is 21.3. The third-order valence-corrected chi connectivity index (χ3v) is 4.77. The number of pyridine rings is 1. The Morgan fingerprint density at radius 3 is 2.60 bits per heavy atom. The zero-order valence-electron chi connectivity index (χ0n) is 15.0. The number of nitrogens with one attached hydrogen (secondary N) is 1. The van der Waals surface area contributed by atoms with Gasteiger partial charge in [0.25, 0.3) is 5.91 Å². The summed E-state index contributed by atoms with van der Waals surface area (Å²) in [6.45, 7) is 8.78. The number of rotatable bonds is 5. The highest BCUT2D eigenvalue weighted by Gasteiger charge is 2.21. The predicted molar refractivity (Wildman–Crippen MR) is 101 cm³/mol. The van der Waals surface area contributed by atoms with E-state index >= 15 is 0 Å². The first-order valence-corrected chi connectivity index (χ1v) is 9.03.